The van der Waals surface area contributed by atoms with Crippen molar-refractivity contribution < 1.29 is 28.9 Å². The maximum absolute atomic E-state index is 12.6. The number of aryl methyl sites for hydroxylation is 1. The van der Waals surface area contributed by atoms with Crippen LogP contribution >= 0.6 is 11.8 Å². The summed E-state index contributed by atoms with van der Waals surface area (Å²) in [4.78, 5) is 26.3. The number of rotatable bonds is 7. The average molecular weight is 415 g/mol. The van der Waals surface area contributed by atoms with Gasteiger partial charge in [0.15, 0.2) is 11.5 Å². The van der Waals surface area contributed by atoms with Crippen molar-refractivity contribution in [2.24, 2.45) is 0 Å². The Balaban J connectivity index is 1.71. The lowest BCUT2D eigenvalue weighted by Crippen LogP contribution is -2.32. The van der Waals surface area contributed by atoms with Crippen LogP contribution in [0.5, 0.6) is 23.0 Å². The van der Waals surface area contributed by atoms with Gasteiger partial charge < -0.3 is 19.3 Å². The Hall–Kier alpha value is -3.13. The molecule has 0 atom stereocenters. The second-order valence-electron chi connectivity index (χ2n) is 6.27. The molecule has 152 valence electrons. The Morgan fingerprint density at radius 3 is 2.41 bits per heavy atom. The monoisotopic (exact) mass is 415 g/mol. The van der Waals surface area contributed by atoms with Crippen LogP contribution in [0.2, 0.25) is 0 Å². The maximum atomic E-state index is 12.6. The number of phenolic OH excluding ortho intramolecular Hbond substituents is 1. The van der Waals surface area contributed by atoms with Crippen LogP contribution < -0.4 is 14.2 Å². The molecule has 1 heterocycles. The van der Waals surface area contributed by atoms with Crippen LogP contribution in [0.4, 0.5) is 4.79 Å². The van der Waals surface area contributed by atoms with Crippen LogP contribution in [0, 0.1) is 6.92 Å². The van der Waals surface area contributed by atoms with Gasteiger partial charge in [-0.15, -0.1) is 0 Å². The van der Waals surface area contributed by atoms with E-state index < -0.39 is 0 Å². The van der Waals surface area contributed by atoms with Crippen molar-refractivity contribution in [1.82, 2.24) is 4.90 Å². The Labute approximate surface area is 172 Å². The van der Waals surface area contributed by atoms with Crippen molar-refractivity contribution in [1.29, 1.82) is 0 Å². The van der Waals surface area contributed by atoms with Crippen LogP contribution in [0.25, 0.3) is 6.08 Å². The first-order valence-electron chi connectivity index (χ1n) is 8.82. The predicted molar refractivity (Wildman–Crippen MR) is 111 cm³/mol. The van der Waals surface area contributed by atoms with Crippen molar-refractivity contribution in [2.75, 3.05) is 27.4 Å². The fourth-order valence-electron chi connectivity index (χ4n) is 2.80. The molecule has 1 N–H and O–H groups in total. The Bertz CT molecular complexity index is 946. The first kappa shape index (κ1) is 20.6. The lowest BCUT2D eigenvalue weighted by molar-refractivity contribution is -0.123. The van der Waals surface area contributed by atoms with Crippen molar-refractivity contribution >= 4 is 29.0 Å². The molecule has 1 fully saturated rings. The van der Waals surface area contributed by atoms with Crippen LogP contribution in [0.15, 0.2) is 41.3 Å². The van der Waals surface area contributed by atoms with E-state index in [9.17, 15) is 14.7 Å². The number of phenols is 1. The Kier molecular flexibility index (Phi) is 6.33. The van der Waals surface area contributed by atoms with E-state index in [4.69, 9.17) is 14.2 Å². The number of imide groups is 1. The smallest absolute Gasteiger partial charge is 0.293 e. The summed E-state index contributed by atoms with van der Waals surface area (Å²) in [5.41, 5.74) is 1.63. The molecular weight excluding hydrogens is 394 g/mol. The number of carbonyl (C=O) groups is 2. The summed E-state index contributed by atoms with van der Waals surface area (Å²) in [6, 6.07) is 10.7. The van der Waals surface area contributed by atoms with Crippen molar-refractivity contribution in [3.63, 3.8) is 0 Å². The van der Waals surface area contributed by atoms with Gasteiger partial charge in [-0.3, -0.25) is 14.5 Å². The highest BCUT2D eigenvalue weighted by Crippen LogP contribution is 2.39. The number of nitrogens with zero attached hydrogens (tertiary/aromatic N) is 1. The fourth-order valence-corrected chi connectivity index (χ4v) is 3.67. The zero-order valence-corrected chi connectivity index (χ0v) is 17.1. The van der Waals surface area contributed by atoms with E-state index in [1.807, 2.05) is 31.2 Å². The van der Waals surface area contributed by atoms with Gasteiger partial charge in [-0.1, -0.05) is 12.1 Å². The lowest BCUT2D eigenvalue weighted by Gasteiger charge is -2.13. The Morgan fingerprint density at radius 2 is 1.79 bits per heavy atom. The molecule has 1 saturated heterocycles. The van der Waals surface area contributed by atoms with Crippen molar-refractivity contribution in [3.05, 3.63) is 52.4 Å². The van der Waals surface area contributed by atoms with E-state index in [2.05, 4.69) is 0 Å². The quantitative estimate of drug-likeness (QED) is 0.688. The molecule has 0 unspecified atom stereocenters. The molecule has 2 amide bonds. The summed E-state index contributed by atoms with van der Waals surface area (Å²) in [7, 11) is 2.83. The Morgan fingerprint density at radius 1 is 1.10 bits per heavy atom. The summed E-state index contributed by atoms with van der Waals surface area (Å²) >= 11 is 0.855. The number of methoxy groups -OCH3 is 2. The van der Waals surface area contributed by atoms with Gasteiger partial charge in [-0.05, 0) is 60.2 Å². The highest BCUT2D eigenvalue weighted by molar-refractivity contribution is 8.18. The predicted octanol–water partition coefficient (Wildman–Crippen LogP) is 3.83. The number of hydrogen-bond acceptors (Lipinski definition) is 7. The van der Waals surface area contributed by atoms with Gasteiger partial charge in [0.05, 0.1) is 25.7 Å². The molecule has 2 aromatic rings. The van der Waals surface area contributed by atoms with Crippen LogP contribution in [-0.4, -0.2) is 48.5 Å². The summed E-state index contributed by atoms with van der Waals surface area (Å²) in [6.45, 7) is 2.31. The zero-order valence-electron chi connectivity index (χ0n) is 16.3. The molecule has 0 aromatic heterocycles. The fraction of sp³-hybridized carbons (Fsp3) is 0.238. The molecule has 0 bridgehead atoms. The van der Waals surface area contributed by atoms with Gasteiger partial charge in [0.2, 0.25) is 5.75 Å². The maximum Gasteiger partial charge on any atom is 0.293 e. The van der Waals surface area contributed by atoms with E-state index in [1.54, 1.807) is 18.2 Å². The summed E-state index contributed by atoms with van der Waals surface area (Å²) in [5, 5.41) is 9.64. The second kappa shape index (κ2) is 8.91. The number of amides is 2. The molecule has 8 heteroatoms. The standard InChI is InChI=1S/C21H21NO6S/c1-13-5-4-6-15(9-13)28-8-7-22-20(24)18(29-21(22)25)12-14-10-16(26-2)19(23)17(11-14)27-3/h4-6,9-12,23H,7-8H2,1-3H3/b18-12-. The van der Waals surface area contributed by atoms with E-state index in [0.717, 1.165) is 22.2 Å². The second-order valence-corrected chi connectivity index (χ2v) is 7.27. The van der Waals surface area contributed by atoms with Crippen molar-refractivity contribution in [2.45, 2.75) is 6.92 Å². The molecule has 1 aliphatic heterocycles. The van der Waals surface area contributed by atoms with Gasteiger partial charge in [-0.2, -0.15) is 0 Å². The van der Waals surface area contributed by atoms with Gasteiger partial charge >= 0.3 is 0 Å². The summed E-state index contributed by atoms with van der Waals surface area (Å²) in [6.07, 6.45) is 1.57. The normalized spacial score (nSPS) is 15.1. The molecule has 1 aliphatic rings. The SMILES string of the molecule is COc1cc(/C=C2\SC(=O)N(CCOc3cccc(C)c3)C2=O)cc(OC)c1O. The molecule has 3 rings (SSSR count). The number of carbonyl (C=O) groups excluding carboxylic acids is 2. The molecule has 2 aromatic carbocycles. The van der Waals surface area contributed by atoms with Gasteiger partial charge in [0.1, 0.15) is 12.4 Å². The molecule has 29 heavy (non-hydrogen) atoms. The highest BCUT2D eigenvalue weighted by Gasteiger charge is 2.34. The van der Waals surface area contributed by atoms with E-state index in [-0.39, 0.29) is 46.5 Å². The topological polar surface area (TPSA) is 85.3 Å². The summed E-state index contributed by atoms with van der Waals surface area (Å²) < 4.78 is 15.9. The van der Waals surface area contributed by atoms with E-state index in [0.29, 0.717) is 11.3 Å². The van der Waals surface area contributed by atoms with Crippen LogP contribution in [-0.2, 0) is 4.79 Å². The third kappa shape index (κ3) is 4.65. The molecular formula is C21H21NO6S. The number of thioether (sulfide) groups is 1. The van der Waals surface area contributed by atoms with Gasteiger partial charge in [0, 0.05) is 0 Å². The van der Waals surface area contributed by atoms with E-state index >= 15 is 0 Å². The van der Waals surface area contributed by atoms with E-state index in [1.165, 1.54) is 14.2 Å². The first-order chi connectivity index (χ1) is 13.9. The number of ether oxygens (including phenoxy) is 3. The average Bonchev–Trinajstić information content (AvgIpc) is 2.96. The first-order valence-corrected chi connectivity index (χ1v) is 9.64. The molecule has 0 spiro atoms. The largest absolute Gasteiger partial charge is 0.502 e. The minimum atomic E-state index is -0.390. The minimum absolute atomic E-state index is 0.131. The molecule has 0 aliphatic carbocycles. The van der Waals surface area contributed by atoms with Crippen LogP contribution in [0.1, 0.15) is 11.1 Å². The van der Waals surface area contributed by atoms with Crippen molar-refractivity contribution in [3.8, 4) is 23.0 Å². The van der Waals surface area contributed by atoms with Gasteiger partial charge in [0.25, 0.3) is 11.1 Å². The number of benzene rings is 2. The lowest BCUT2D eigenvalue weighted by atomic mass is 10.1. The van der Waals surface area contributed by atoms with Crippen LogP contribution in [0.3, 0.4) is 0 Å². The number of hydrogen-bond donors (Lipinski definition) is 1. The summed E-state index contributed by atoms with van der Waals surface area (Å²) in [5.74, 6) is 0.589. The molecule has 0 radical (unpaired) electrons. The molecule has 0 saturated carbocycles. The molecule has 7 nitrogen and oxygen atoms in total. The third-order valence-corrected chi connectivity index (χ3v) is 5.15. The van der Waals surface area contributed by atoms with Gasteiger partial charge in [-0.25, -0.2) is 0 Å². The zero-order chi connectivity index (χ0) is 21.0. The minimum Gasteiger partial charge on any atom is -0.502 e. The highest BCUT2D eigenvalue weighted by atomic mass is 32.2. The third-order valence-electron chi connectivity index (χ3n) is 4.25. The number of aromatic hydroxyl groups is 1.